The molecule has 0 aliphatic heterocycles. The SMILES string of the molecule is Cc1ccc(Sc2ccccc2C(=O)C(=NN)c2ccc(C(=O)O)cc2)cc1. The quantitative estimate of drug-likeness (QED) is 0.282. The number of hydrazone groups is 1. The van der Waals surface area contributed by atoms with Crippen molar-refractivity contribution in [2.24, 2.45) is 10.9 Å². The third-order valence-corrected chi connectivity index (χ3v) is 5.21. The second kappa shape index (κ2) is 8.54. The summed E-state index contributed by atoms with van der Waals surface area (Å²) in [4.78, 5) is 25.9. The van der Waals surface area contributed by atoms with Gasteiger partial charge in [-0.2, -0.15) is 5.10 Å². The van der Waals surface area contributed by atoms with E-state index >= 15 is 0 Å². The number of aromatic carboxylic acids is 1. The summed E-state index contributed by atoms with van der Waals surface area (Å²) < 4.78 is 0. The number of carbonyl (C=O) groups excluding carboxylic acids is 1. The van der Waals surface area contributed by atoms with Gasteiger partial charge >= 0.3 is 5.97 Å². The number of ketones is 1. The molecule has 0 saturated heterocycles. The minimum atomic E-state index is -1.04. The van der Waals surface area contributed by atoms with E-state index in [0.717, 1.165) is 15.4 Å². The Hall–Kier alpha value is -3.38. The van der Waals surface area contributed by atoms with Crippen LogP contribution in [0.15, 0.2) is 87.7 Å². The van der Waals surface area contributed by atoms with Crippen molar-refractivity contribution < 1.29 is 14.7 Å². The number of carbonyl (C=O) groups is 2. The van der Waals surface area contributed by atoms with E-state index in [-0.39, 0.29) is 17.1 Å². The molecule has 0 spiro atoms. The lowest BCUT2D eigenvalue weighted by molar-refractivity contribution is 0.0696. The van der Waals surface area contributed by atoms with Gasteiger partial charge in [-0.25, -0.2) is 4.79 Å². The van der Waals surface area contributed by atoms with Gasteiger partial charge in [-0.05, 0) is 43.3 Å². The van der Waals surface area contributed by atoms with E-state index in [2.05, 4.69) is 5.10 Å². The van der Waals surface area contributed by atoms with E-state index < -0.39 is 5.97 Å². The molecule has 0 fully saturated rings. The number of hydrogen-bond donors (Lipinski definition) is 2. The van der Waals surface area contributed by atoms with Crippen LogP contribution in [0.1, 0.15) is 31.8 Å². The number of carboxylic acid groups (broad SMARTS) is 1. The number of carboxylic acids is 1. The molecule has 3 aromatic carbocycles. The average Bonchev–Trinajstić information content (AvgIpc) is 2.71. The van der Waals surface area contributed by atoms with Gasteiger partial charge in [0.1, 0.15) is 5.71 Å². The highest BCUT2D eigenvalue weighted by atomic mass is 32.2. The summed E-state index contributed by atoms with van der Waals surface area (Å²) in [6, 6.07) is 21.2. The molecule has 6 heteroatoms. The highest BCUT2D eigenvalue weighted by Gasteiger charge is 2.20. The number of nitrogens with zero attached hydrogens (tertiary/aromatic N) is 1. The van der Waals surface area contributed by atoms with Crippen LogP contribution >= 0.6 is 11.8 Å². The lowest BCUT2D eigenvalue weighted by Crippen LogP contribution is -2.18. The molecule has 28 heavy (non-hydrogen) atoms. The Labute approximate surface area is 166 Å². The summed E-state index contributed by atoms with van der Waals surface area (Å²) in [5.74, 6) is 4.15. The first-order valence-corrected chi connectivity index (χ1v) is 9.31. The number of rotatable bonds is 6. The Morgan fingerprint density at radius 2 is 1.50 bits per heavy atom. The Kier molecular flexibility index (Phi) is 5.91. The second-order valence-electron chi connectivity index (χ2n) is 6.10. The molecule has 5 nitrogen and oxygen atoms in total. The monoisotopic (exact) mass is 390 g/mol. The van der Waals surface area contributed by atoms with Crippen LogP contribution < -0.4 is 5.84 Å². The third-order valence-electron chi connectivity index (χ3n) is 4.13. The van der Waals surface area contributed by atoms with Crippen molar-refractivity contribution in [1.29, 1.82) is 0 Å². The van der Waals surface area contributed by atoms with Gasteiger partial charge < -0.3 is 10.9 Å². The minimum absolute atomic E-state index is 0.0777. The molecule has 0 atom stereocenters. The van der Waals surface area contributed by atoms with Gasteiger partial charge in [-0.1, -0.05) is 53.7 Å². The van der Waals surface area contributed by atoms with Crippen LogP contribution in [-0.2, 0) is 0 Å². The fourth-order valence-corrected chi connectivity index (χ4v) is 3.58. The molecule has 0 unspecified atom stereocenters. The second-order valence-corrected chi connectivity index (χ2v) is 7.22. The molecule has 140 valence electrons. The summed E-state index contributed by atoms with van der Waals surface area (Å²) >= 11 is 1.49. The number of aryl methyl sites for hydroxylation is 1. The first-order chi connectivity index (χ1) is 13.5. The van der Waals surface area contributed by atoms with E-state index in [1.54, 1.807) is 12.1 Å². The Balaban J connectivity index is 1.92. The highest BCUT2D eigenvalue weighted by molar-refractivity contribution is 7.99. The number of benzene rings is 3. The Bertz CT molecular complexity index is 1040. The van der Waals surface area contributed by atoms with Crippen LogP contribution in [0.4, 0.5) is 0 Å². The fraction of sp³-hybridized carbons (Fsp3) is 0.0455. The van der Waals surface area contributed by atoms with Gasteiger partial charge in [0.15, 0.2) is 0 Å². The van der Waals surface area contributed by atoms with Crippen molar-refractivity contribution in [3.63, 3.8) is 0 Å². The lowest BCUT2D eigenvalue weighted by Gasteiger charge is -2.10. The maximum Gasteiger partial charge on any atom is 0.335 e. The molecular formula is C22H18N2O3S. The van der Waals surface area contributed by atoms with Crippen LogP contribution in [0.2, 0.25) is 0 Å². The van der Waals surface area contributed by atoms with E-state index in [0.29, 0.717) is 11.1 Å². The summed E-state index contributed by atoms with van der Waals surface area (Å²) in [7, 11) is 0. The summed E-state index contributed by atoms with van der Waals surface area (Å²) in [5, 5.41) is 12.7. The van der Waals surface area contributed by atoms with E-state index in [9.17, 15) is 9.59 Å². The zero-order valence-corrected chi connectivity index (χ0v) is 15.9. The molecule has 3 rings (SSSR count). The number of nitrogens with two attached hydrogens (primary N) is 1. The summed E-state index contributed by atoms with van der Waals surface area (Å²) in [6.07, 6.45) is 0. The largest absolute Gasteiger partial charge is 0.478 e. The van der Waals surface area contributed by atoms with Gasteiger partial charge in [0.05, 0.1) is 5.56 Å². The van der Waals surface area contributed by atoms with Gasteiger partial charge in [-0.3, -0.25) is 4.79 Å². The van der Waals surface area contributed by atoms with Crippen molar-refractivity contribution in [3.8, 4) is 0 Å². The third kappa shape index (κ3) is 4.29. The predicted molar refractivity (Wildman–Crippen MR) is 110 cm³/mol. The molecule has 0 heterocycles. The zero-order valence-electron chi connectivity index (χ0n) is 15.1. The van der Waals surface area contributed by atoms with Gasteiger partial charge in [0, 0.05) is 20.9 Å². The van der Waals surface area contributed by atoms with Crippen LogP contribution in [0.5, 0.6) is 0 Å². The van der Waals surface area contributed by atoms with Crippen LogP contribution in [0.25, 0.3) is 0 Å². The Morgan fingerprint density at radius 1 is 0.893 bits per heavy atom. The molecule has 3 aromatic rings. The summed E-state index contributed by atoms with van der Waals surface area (Å²) in [6.45, 7) is 2.02. The van der Waals surface area contributed by atoms with Crippen molar-refractivity contribution in [2.45, 2.75) is 16.7 Å². The predicted octanol–water partition coefficient (Wildman–Crippen LogP) is 4.39. The molecule has 0 amide bonds. The van der Waals surface area contributed by atoms with Crippen molar-refractivity contribution in [3.05, 3.63) is 95.1 Å². The number of hydrogen-bond acceptors (Lipinski definition) is 5. The smallest absolute Gasteiger partial charge is 0.335 e. The van der Waals surface area contributed by atoms with Crippen LogP contribution in [-0.4, -0.2) is 22.6 Å². The first kappa shape index (κ1) is 19.4. The van der Waals surface area contributed by atoms with E-state index in [1.165, 1.54) is 36.0 Å². The van der Waals surface area contributed by atoms with Gasteiger partial charge in [0.2, 0.25) is 5.78 Å². The van der Waals surface area contributed by atoms with Crippen molar-refractivity contribution in [1.82, 2.24) is 0 Å². The average molecular weight is 390 g/mol. The topological polar surface area (TPSA) is 92.8 Å². The van der Waals surface area contributed by atoms with E-state index in [4.69, 9.17) is 10.9 Å². The number of Topliss-reactive ketones (excluding diaryl/α,β-unsaturated/α-hetero) is 1. The molecule has 0 bridgehead atoms. The maximum absolute atomic E-state index is 13.1. The molecular weight excluding hydrogens is 372 g/mol. The molecule has 0 aliphatic rings. The minimum Gasteiger partial charge on any atom is -0.478 e. The summed E-state index contributed by atoms with van der Waals surface area (Å²) in [5.41, 5.74) is 2.32. The molecule has 0 aromatic heterocycles. The lowest BCUT2D eigenvalue weighted by atomic mass is 9.99. The standard InChI is InChI=1S/C22H18N2O3S/c1-14-6-12-17(13-7-14)28-19-5-3-2-4-18(19)21(25)20(24-23)15-8-10-16(11-9-15)22(26)27/h2-13H,23H2,1H3,(H,26,27). The Morgan fingerprint density at radius 3 is 2.11 bits per heavy atom. The van der Waals surface area contributed by atoms with Crippen LogP contribution in [0.3, 0.4) is 0 Å². The van der Waals surface area contributed by atoms with Gasteiger partial charge in [-0.15, -0.1) is 0 Å². The highest BCUT2D eigenvalue weighted by Crippen LogP contribution is 2.31. The van der Waals surface area contributed by atoms with Gasteiger partial charge in [0.25, 0.3) is 0 Å². The molecule has 0 radical (unpaired) electrons. The first-order valence-electron chi connectivity index (χ1n) is 8.49. The molecule has 0 aliphatic carbocycles. The molecule has 3 N–H and O–H groups in total. The maximum atomic E-state index is 13.1. The van der Waals surface area contributed by atoms with Crippen LogP contribution in [0, 0.1) is 6.92 Å². The van der Waals surface area contributed by atoms with Crippen molar-refractivity contribution >= 4 is 29.2 Å². The van der Waals surface area contributed by atoms with E-state index in [1.807, 2.05) is 43.3 Å². The normalized spacial score (nSPS) is 11.2. The zero-order chi connectivity index (χ0) is 20.1. The fourth-order valence-electron chi connectivity index (χ4n) is 2.64. The molecule has 0 saturated carbocycles. The van der Waals surface area contributed by atoms with Crippen molar-refractivity contribution in [2.75, 3.05) is 0 Å².